The molecule has 90 valence electrons. The number of rotatable bonds is 8. The number of carboxylic acids is 1. The van der Waals surface area contributed by atoms with Gasteiger partial charge in [-0.05, 0) is 12.8 Å². The second-order valence-electron chi connectivity index (χ2n) is 3.30. The first kappa shape index (κ1) is 14.3. The Hall–Kier alpha value is -0.660. The van der Waals surface area contributed by atoms with Gasteiger partial charge in [-0.2, -0.15) is 0 Å². The van der Waals surface area contributed by atoms with Gasteiger partial charge in [0.25, 0.3) is 0 Å². The van der Waals surface area contributed by atoms with Crippen LogP contribution in [0.2, 0.25) is 0 Å². The van der Waals surface area contributed by atoms with E-state index in [2.05, 4.69) is 0 Å². The molecule has 0 radical (unpaired) electrons. The van der Waals surface area contributed by atoms with Gasteiger partial charge in [0.05, 0.1) is 24.2 Å². The van der Waals surface area contributed by atoms with Crippen molar-refractivity contribution in [1.82, 2.24) is 0 Å². The molecule has 0 amide bonds. The summed E-state index contributed by atoms with van der Waals surface area (Å²) < 4.78 is 22.5. The zero-order chi connectivity index (χ0) is 11.9. The highest BCUT2D eigenvalue weighted by atomic mass is 32.2. The van der Waals surface area contributed by atoms with Gasteiger partial charge in [-0.25, -0.2) is 8.42 Å². The van der Waals surface area contributed by atoms with Crippen molar-refractivity contribution in [3.63, 3.8) is 0 Å². The predicted octanol–water partition coefficient (Wildman–Crippen LogP) is -0.991. The largest absolute Gasteiger partial charge is 0.481 e. The Bertz CT molecular complexity index is 284. The molecule has 6 nitrogen and oxygen atoms in total. The minimum Gasteiger partial charge on any atom is -0.481 e. The normalized spacial score (nSPS) is 13.7. The summed E-state index contributed by atoms with van der Waals surface area (Å²) >= 11 is 0. The number of sulfone groups is 1. The van der Waals surface area contributed by atoms with E-state index in [-0.39, 0.29) is 18.6 Å². The summed E-state index contributed by atoms with van der Waals surface area (Å²) in [6.07, 6.45) is -0.760. The molecular weight excluding hydrogens is 224 g/mol. The Morgan fingerprint density at radius 3 is 2.33 bits per heavy atom. The van der Waals surface area contributed by atoms with Crippen molar-refractivity contribution < 1.29 is 28.5 Å². The smallest absolute Gasteiger partial charge is 0.303 e. The maximum atomic E-state index is 11.2. The number of hydrogen-bond donors (Lipinski definition) is 3. The van der Waals surface area contributed by atoms with Crippen molar-refractivity contribution in [3.05, 3.63) is 0 Å². The van der Waals surface area contributed by atoms with E-state index in [9.17, 15) is 13.2 Å². The van der Waals surface area contributed by atoms with Crippen molar-refractivity contribution >= 4 is 15.8 Å². The molecule has 0 aliphatic heterocycles. The lowest BCUT2D eigenvalue weighted by atomic mass is 10.3. The van der Waals surface area contributed by atoms with E-state index in [1.165, 1.54) is 0 Å². The topological polar surface area (TPSA) is 112 Å². The Kier molecular flexibility index (Phi) is 6.46. The average molecular weight is 240 g/mol. The summed E-state index contributed by atoms with van der Waals surface area (Å²) in [7, 11) is -3.39. The Labute approximate surface area is 88.5 Å². The first-order valence-electron chi connectivity index (χ1n) is 4.58. The molecule has 0 saturated heterocycles. The van der Waals surface area contributed by atoms with Gasteiger partial charge >= 0.3 is 5.97 Å². The molecule has 0 rings (SSSR count). The van der Waals surface area contributed by atoms with Crippen molar-refractivity contribution in [2.75, 3.05) is 18.1 Å². The SMILES string of the molecule is O=C(O)CCCCS(=O)(=O)CC(O)CO. The quantitative estimate of drug-likeness (QED) is 0.470. The minimum atomic E-state index is -3.39. The highest BCUT2D eigenvalue weighted by molar-refractivity contribution is 7.91. The van der Waals surface area contributed by atoms with Crippen LogP contribution in [0.3, 0.4) is 0 Å². The van der Waals surface area contributed by atoms with Crippen LogP contribution < -0.4 is 0 Å². The minimum absolute atomic E-state index is 0.0575. The molecule has 0 fully saturated rings. The van der Waals surface area contributed by atoms with Crippen LogP contribution in [-0.2, 0) is 14.6 Å². The molecule has 0 heterocycles. The van der Waals surface area contributed by atoms with Crippen LogP contribution in [-0.4, -0.2) is 53.9 Å². The van der Waals surface area contributed by atoms with Crippen molar-refractivity contribution in [2.24, 2.45) is 0 Å². The first-order chi connectivity index (χ1) is 6.87. The standard InChI is InChI=1S/C8H16O6S/c9-5-7(10)6-15(13,14)4-2-1-3-8(11)12/h7,9-10H,1-6H2,(H,11,12). The molecule has 0 saturated carbocycles. The highest BCUT2D eigenvalue weighted by Gasteiger charge is 2.16. The lowest BCUT2D eigenvalue weighted by Crippen LogP contribution is -2.25. The molecule has 0 spiro atoms. The lowest BCUT2D eigenvalue weighted by Gasteiger charge is -2.07. The fourth-order valence-corrected chi connectivity index (χ4v) is 2.53. The van der Waals surface area contributed by atoms with Gasteiger partial charge in [-0.3, -0.25) is 4.79 Å². The zero-order valence-electron chi connectivity index (χ0n) is 8.29. The second kappa shape index (κ2) is 6.76. The van der Waals surface area contributed by atoms with Crippen LogP contribution in [0, 0.1) is 0 Å². The monoisotopic (exact) mass is 240 g/mol. The predicted molar refractivity (Wildman–Crippen MR) is 53.2 cm³/mol. The Balaban J connectivity index is 3.80. The fraction of sp³-hybridized carbons (Fsp3) is 0.875. The number of carbonyl (C=O) groups is 1. The van der Waals surface area contributed by atoms with Crippen molar-refractivity contribution in [3.8, 4) is 0 Å². The maximum Gasteiger partial charge on any atom is 0.303 e. The van der Waals surface area contributed by atoms with E-state index >= 15 is 0 Å². The highest BCUT2D eigenvalue weighted by Crippen LogP contribution is 2.02. The lowest BCUT2D eigenvalue weighted by molar-refractivity contribution is -0.137. The summed E-state index contributed by atoms with van der Waals surface area (Å²) in [5, 5.41) is 25.7. The molecule has 0 aromatic rings. The van der Waals surface area contributed by atoms with Crippen molar-refractivity contribution in [2.45, 2.75) is 25.4 Å². The third kappa shape index (κ3) is 8.34. The van der Waals surface area contributed by atoms with Crippen LogP contribution in [0.25, 0.3) is 0 Å². The van der Waals surface area contributed by atoms with E-state index in [1.807, 2.05) is 0 Å². The summed E-state index contributed by atoms with van der Waals surface area (Å²) in [6, 6.07) is 0. The molecule has 0 aromatic carbocycles. The summed E-state index contributed by atoms with van der Waals surface area (Å²) in [5.41, 5.74) is 0. The number of carboxylic acid groups (broad SMARTS) is 1. The van der Waals surface area contributed by atoms with Crippen LogP contribution in [0.5, 0.6) is 0 Å². The second-order valence-corrected chi connectivity index (χ2v) is 5.53. The zero-order valence-corrected chi connectivity index (χ0v) is 9.11. The van der Waals surface area contributed by atoms with Gasteiger partial charge in [0, 0.05) is 6.42 Å². The van der Waals surface area contributed by atoms with Gasteiger partial charge < -0.3 is 15.3 Å². The van der Waals surface area contributed by atoms with Crippen LogP contribution >= 0.6 is 0 Å². The van der Waals surface area contributed by atoms with E-state index in [0.29, 0.717) is 6.42 Å². The van der Waals surface area contributed by atoms with Gasteiger partial charge in [0.2, 0.25) is 0 Å². The Morgan fingerprint density at radius 1 is 1.27 bits per heavy atom. The van der Waals surface area contributed by atoms with Gasteiger partial charge in [0.1, 0.15) is 0 Å². The van der Waals surface area contributed by atoms with E-state index in [0.717, 1.165) is 0 Å². The Morgan fingerprint density at radius 2 is 1.87 bits per heavy atom. The van der Waals surface area contributed by atoms with Gasteiger partial charge in [0.15, 0.2) is 9.84 Å². The maximum absolute atomic E-state index is 11.2. The van der Waals surface area contributed by atoms with E-state index in [4.69, 9.17) is 15.3 Å². The third-order valence-corrected chi connectivity index (χ3v) is 3.56. The van der Waals surface area contributed by atoms with Gasteiger partial charge in [-0.1, -0.05) is 0 Å². The first-order valence-corrected chi connectivity index (χ1v) is 6.40. The molecule has 7 heteroatoms. The number of aliphatic hydroxyl groups excluding tert-OH is 2. The summed E-state index contributed by atoms with van der Waals surface area (Å²) in [4.78, 5) is 10.1. The average Bonchev–Trinajstić information content (AvgIpc) is 2.11. The van der Waals surface area contributed by atoms with Crippen LogP contribution in [0.15, 0.2) is 0 Å². The number of aliphatic carboxylic acids is 1. The number of unbranched alkanes of at least 4 members (excludes halogenated alkanes) is 1. The van der Waals surface area contributed by atoms with Crippen molar-refractivity contribution in [1.29, 1.82) is 0 Å². The molecule has 1 unspecified atom stereocenters. The van der Waals surface area contributed by atoms with Gasteiger partial charge in [-0.15, -0.1) is 0 Å². The third-order valence-electron chi connectivity index (χ3n) is 1.75. The molecule has 0 aliphatic rings. The van der Waals surface area contributed by atoms with Crippen LogP contribution in [0.1, 0.15) is 19.3 Å². The number of hydrogen-bond acceptors (Lipinski definition) is 5. The fourth-order valence-electron chi connectivity index (χ4n) is 1.03. The molecule has 3 N–H and O–H groups in total. The molecule has 15 heavy (non-hydrogen) atoms. The van der Waals surface area contributed by atoms with E-state index in [1.54, 1.807) is 0 Å². The van der Waals surface area contributed by atoms with E-state index < -0.39 is 34.3 Å². The molecular formula is C8H16O6S. The molecule has 0 aromatic heterocycles. The molecule has 0 aliphatic carbocycles. The van der Waals surface area contributed by atoms with Crippen LogP contribution in [0.4, 0.5) is 0 Å². The summed E-state index contributed by atoms with van der Waals surface area (Å²) in [6.45, 7) is -0.589. The molecule has 0 bridgehead atoms. The molecule has 1 atom stereocenters. The number of aliphatic hydroxyl groups is 2. The summed E-state index contributed by atoms with van der Waals surface area (Å²) in [5.74, 6) is -1.59.